The Morgan fingerprint density at radius 2 is 1.81 bits per heavy atom. The molecular formula is C20H19ClN4O. The van der Waals surface area contributed by atoms with Crippen LogP contribution in [-0.2, 0) is 6.42 Å². The molecule has 0 aliphatic heterocycles. The van der Waals surface area contributed by atoms with Crippen molar-refractivity contribution >= 4 is 29.1 Å². The van der Waals surface area contributed by atoms with E-state index in [2.05, 4.69) is 20.6 Å². The molecule has 1 heterocycles. The molecule has 0 fully saturated rings. The molecule has 3 aromatic rings. The molecule has 132 valence electrons. The van der Waals surface area contributed by atoms with Crippen molar-refractivity contribution in [2.75, 3.05) is 11.9 Å². The zero-order valence-electron chi connectivity index (χ0n) is 14.4. The van der Waals surface area contributed by atoms with Crippen LogP contribution in [0.25, 0.3) is 0 Å². The van der Waals surface area contributed by atoms with Gasteiger partial charge in [-0.2, -0.15) is 0 Å². The van der Waals surface area contributed by atoms with E-state index in [1.165, 1.54) is 18.0 Å². The van der Waals surface area contributed by atoms with Crippen LogP contribution in [0.5, 0.6) is 0 Å². The normalized spacial score (nSPS) is 10.4. The highest BCUT2D eigenvalue weighted by Crippen LogP contribution is 2.22. The van der Waals surface area contributed by atoms with E-state index < -0.39 is 0 Å². The summed E-state index contributed by atoms with van der Waals surface area (Å²) in [5, 5.41) is 6.61. The van der Waals surface area contributed by atoms with Gasteiger partial charge in [-0.05, 0) is 36.6 Å². The minimum atomic E-state index is -0.189. The number of halogens is 1. The molecule has 0 saturated heterocycles. The summed E-state index contributed by atoms with van der Waals surface area (Å²) in [6, 6.07) is 15.6. The van der Waals surface area contributed by atoms with E-state index in [4.69, 9.17) is 11.6 Å². The minimum Gasteiger partial charge on any atom is -0.352 e. The minimum absolute atomic E-state index is 0.189. The number of carbonyl (C=O) groups excluding carboxylic acids is 1. The van der Waals surface area contributed by atoms with Crippen LogP contribution in [0.2, 0.25) is 5.02 Å². The van der Waals surface area contributed by atoms with Crippen LogP contribution in [0.4, 0.5) is 11.6 Å². The Morgan fingerprint density at radius 3 is 2.54 bits per heavy atom. The van der Waals surface area contributed by atoms with Crippen molar-refractivity contribution in [1.82, 2.24) is 15.3 Å². The Kier molecular flexibility index (Phi) is 5.81. The van der Waals surface area contributed by atoms with Crippen molar-refractivity contribution in [3.05, 3.63) is 82.6 Å². The van der Waals surface area contributed by atoms with Crippen molar-refractivity contribution in [2.45, 2.75) is 13.3 Å². The van der Waals surface area contributed by atoms with E-state index >= 15 is 0 Å². The Balaban J connectivity index is 1.56. The molecule has 2 N–H and O–H groups in total. The van der Waals surface area contributed by atoms with E-state index in [9.17, 15) is 4.79 Å². The number of benzene rings is 2. The molecule has 0 saturated carbocycles. The zero-order valence-corrected chi connectivity index (χ0v) is 15.1. The highest BCUT2D eigenvalue weighted by atomic mass is 35.5. The van der Waals surface area contributed by atoms with Crippen LogP contribution < -0.4 is 10.6 Å². The number of carbonyl (C=O) groups is 1. The number of hydrogen-bond acceptors (Lipinski definition) is 4. The zero-order chi connectivity index (χ0) is 18.4. The molecule has 0 radical (unpaired) electrons. The first-order chi connectivity index (χ1) is 12.6. The molecule has 0 atom stereocenters. The van der Waals surface area contributed by atoms with Gasteiger partial charge in [-0.3, -0.25) is 4.79 Å². The van der Waals surface area contributed by atoms with Crippen LogP contribution in [0, 0.1) is 6.92 Å². The molecule has 0 aliphatic rings. The third-order valence-corrected chi connectivity index (χ3v) is 4.14. The summed E-state index contributed by atoms with van der Waals surface area (Å²) in [5.74, 6) is 0.225. The third kappa shape index (κ3) is 4.80. The van der Waals surface area contributed by atoms with Gasteiger partial charge in [0.05, 0.1) is 5.56 Å². The highest BCUT2D eigenvalue weighted by molar-refractivity contribution is 6.30. The molecule has 0 aliphatic carbocycles. The summed E-state index contributed by atoms with van der Waals surface area (Å²) in [6.07, 6.45) is 3.79. The molecule has 1 amide bonds. The van der Waals surface area contributed by atoms with Gasteiger partial charge in [0.15, 0.2) is 0 Å². The molecule has 1 aromatic heterocycles. The first-order valence-corrected chi connectivity index (χ1v) is 8.67. The topological polar surface area (TPSA) is 66.9 Å². The van der Waals surface area contributed by atoms with E-state index in [0.29, 0.717) is 23.1 Å². The Hall–Kier alpha value is -2.92. The first-order valence-electron chi connectivity index (χ1n) is 8.29. The van der Waals surface area contributed by atoms with Crippen molar-refractivity contribution in [2.24, 2.45) is 0 Å². The monoisotopic (exact) mass is 366 g/mol. The summed E-state index contributed by atoms with van der Waals surface area (Å²) in [7, 11) is 0. The number of nitrogens with one attached hydrogen (secondary N) is 2. The van der Waals surface area contributed by atoms with E-state index in [0.717, 1.165) is 17.7 Å². The first kappa shape index (κ1) is 17.9. The number of amides is 1. The van der Waals surface area contributed by atoms with Gasteiger partial charge in [0.25, 0.3) is 5.91 Å². The maximum absolute atomic E-state index is 12.2. The fourth-order valence-electron chi connectivity index (χ4n) is 2.43. The van der Waals surface area contributed by atoms with E-state index in [1.807, 2.05) is 55.5 Å². The fourth-order valence-corrected chi connectivity index (χ4v) is 2.60. The van der Waals surface area contributed by atoms with Crippen LogP contribution in [0.15, 0.2) is 60.9 Å². The second kappa shape index (κ2) is 8.45. The lowest BCUT2D eigenvalue weighted by atomic mass is 10.1. The van der Waals surface area contributed by atoms with Crippen LogP contribution in [-0.4, -0.2) is 22.4 Å². The lowest BCUT2D eigenvalue weighted by Crippen LogP contribution is -2.26. The van der Waals surface area contributed by atoms with Crippen molar-refractivity contribution in [3.8, 4) is 0 Å². The second-order valence-electron chi connectivity index (χ2n) is 5.87. The van der Waals surface area contributed by atoms with Crippen LogP contribution >= 0.6 is 11.6 Å². The van der Waals surface area contributed by atoms with Gasteiger partial charge in [0, 0.05) is 29.6 Å². The fraction of sp³-hybridized carbons (Fsp3) is 0.150. The summed E-state index contributed by atoms with van der Waals surface area (Å²) in [6.45, 7) is 2.53. The van der Waals surface area contributed by atoms with Crippen LogP contribution in [0.3, 0.4) is 0 Å². The Bertz CT molecular complexity index is 882. The Morgan fingerprint density at radius 1 is 1.08 bits per heavy atom. The summed E-state index contributed by atoms with van der Waals surface area (Å²) < 4.78 is 0. The van der Waals surface area contributed by atoms with Gasteiger partial charge in [-0.15, -0.1) is 0 Å². The summed E-state index contributed by atoms with van der Waals surface area (Å²) in [4.78, 5) is 20.6. The second-order valence-corrected chi connectivity index (χ2v) is 6.31. The average molecular weight is 367 g/mol. The van der Waals surface area contributed by atoms with Gasteiger partial charge in [0.2, 0.25) is 5.95 Å². The van der Waals surface area contributed by atoms with Gasteiger partial charge < -0.3 is 10.6 Å². The smallest absolute Gasteiger partial charge is 0.254 e. The average Bonchev–Trinajstić information content (AvgIpc) is 2.66. The number of anilines is 2. The van der Waals surface area contributed by atoms with Crippen molar-refractivity contribution < 1.29 is 4.79 Å². The molecule has 26 heavy (non-hydrogen) atoms. The maximum Gasteiger partial charge on any atom is 0.254 e. The molecular weight excluding hydrogens is 348 g/mol. The molecule has 3 rings (SSSR count). The van der Waals surface area contributed by atoms with Crippen molar-refractivity contribution in [3.63, 3.8) is 0 Å². The molecule has 0 bridgehead atoms. The quantitative estimate of drug-likeness (QED) is 0.687. The number of aryl methyl sites for hydroxylation is 1. The number of aromatic nitrogens is 2. The lowest BCUT2D eigenvalue weighted by molar-refractivity contribution is 0.0953. The molecule has 6 heteroatoms. The summed E-state index contributed by atoms with van der Waals surface area (Å²) in [5.41, 5.74) is 3.46. The third-order valence-electron chi connectivity index (χ3n) is 3.90. The van der Waals surface area contributed by atoms with Gasteiger partial charge in [-0.25, -0.2) is 9.97 Å². The van der Waals surface area contributed by atoms with Crippen molar-refractivity contribution in [1.29, 1.82) is 0 Å². The van der Waals surface area contributed by atoms with Gasteiger partial charge in [0.1, 0.15) is 0 Å². The summed E-state index contributed by atoms with van der Waals surface area (Å²) >= 11 is 6.01. The SMILES string of the molecule is Cc1ccc(Cl)cc1Nc1ncc(C(=O)NCCc2ccccc2)cn1. The lowest BCUT2D eigenvalue weighted by Gasteiger charge is -2.09. The predicted octanol–water partition coefficient (Wildman–Crippen LogP) is 4.15. The molecule has 0 unspecified atom stereocenters. The highest BCUT2D eigenvalue weighted by Gasteiger charge is 2.08. The number of hydrogen-bond donors (Lipinski definition) is 2. The Labute approximate surface area is 157 Å². The maximum atomic E-state index is 12.2. The molecule has 5 nitrogen and oxygen atoms in total. The van der Waals surface area contributed by atoms with E-state index in [-0.39, 0.29) is 5.91 Å². The van der Waals surface area contributed by atoms with Gasteiger partial charge in [-0.1, -0.05) is 48.0 Å². The molecule has 0 spiro atoms. The van der Waals surface area contributed by atoms with Crippen LogP contribution in [0.1, 0.15) is 21.5 Å². The number of nitrogens with zero attached hydrogens (tertiary/aromatic N) is 2. The van der Waals surface area contributed by atoms with E-state index in [1.54, 1.807) is 0 Å². The number of rotatable bonds is 6. The molecule has 2 aromatic carbocycles. The largest absolute Gasteiger partial charge is 0.352 e. The standard InChI is InChI=1S/C20H19ClN4O/c1-14-7-8-17(21)11-18(14)25-20-23-12-16(13-24-20)19(26)22-10-9-15-5-3-2-4-6-15/h2-8,11-13H,9-10H2,1H3,(H,22,26)(H,23,24,25). The predicted molar refractivity (Wildman–Crippen MR) is 104 cm³/mol. The van der Waals surface area contributed by atoms with Gasteiger partial charge >= 0.3 is 0 Å².